The van der Waals surface area contributed by atoms with Crippen molar-refractivity contribution in [2.24, 2.45) is 0 Å². The first-order chi connectivity index (χ1) is 7.97. The Hall–Kier alpha value is -1.11. The number of nitrogens with zero attached hydrogens (tertiary/aromatic N) is 1. The zero-order chi connectivity index (χ0) is 12.5. The summed E-state index contributed by atoms with van der Waals surface area (Å²) in [6.45, 7) is 0. The molecule has 0 bridgehead atoms. The van der Waals surface area contributed by atoms with Gasteiger partial charge in [0.1, 0.15) is 0 Å². The first-order valence-corrected chi connectivity index (χ1v) is 5.84. The van der Waals surface area contributed by atoms with Gasteiger partial charge in [0, 0.05) is 15.3 Å². The SMILES string of the molecule is FC(F)(F)c1cccc(-c2ccc(I)cn2)c1. The van der Waals surface area contributed by atoms with Gasteiger partial charge >= 0.3 is 6.18 Å². The average molecular weight is 349 g/mol. The molecule has 1 nitrogen and oxygen atoms in total. The molecule has 0 atom stereocenters. The van der Waals surface area contributed by atoms with E-state index in [9.17, 15) is 13.2 Å². The fourth-order valence-electron chi connectivity index (χ4n) is 1.40. The van der Waals surface area contributed by atoms with E-state index in [4.69, 9.17) is 0 Å². The van der Waals surface area contributed by atoms with Gasteiger partial charge in [0.05, 0.1) is 11.3 Å². The maximum Gasteiger partial charge on any atom is 0.416 e. The highest BCUT2D eigenvalue weighted by molar-refractivity contribution is 14.1. The summed E-state index contributed by atoms with van der Waals surface area (Å²) in [6.07, 6.45) is -2.70. The minimum absolute atomic E-state index is 0.469. The standard InChI is InChI=1S/C12H7F3IN/c13-12(14,15)9-3-1-2-8(6-9)11-5-4-10(16)7-17-11/h1-7H. The maximum atomic E-state index is 12.5. The van der Waals surface area contributed by atoms with Crippen molar-refractivity contribution in [3.05, 3.63) is 51.7 Å². The number of rotatable bonds is 1. The van der Waals surface area contributed by atoms with E-state index in [2.05, 4.69) is 27.6 Å². The quantitative estimate of drug-likeness (QED) is 0.697. The topological polar surface area (TPSA) is 12.9 Å². The second kappa shape index (κ2) is 4.64. The molecule has 0 N–H and O–H groups in total. The van der Waals surface area contributed by atoms with Crippen LogP contribution < -0.4 is 0 Å². The molecular weight excluding hydrogens is 342 g/mol. The zero-order valence-electron chi connectivity index (χ0n) is 8.50. The molecule has 0 saturated heterocycles. The van der Waals surface area contributed by atoms with E-state index in [0.717, 1.165) is 15.7 Å². The van der Waals surface area contributed by atoms with E-state index in [0.29, 0.717) is 11.3 Å². The van der Waals surface area contributed by atoms with Gasteiger partial charge in [-0.2, -0.15) is 13.2 Å². The number of aromatic nitrogens is 1. The van der Waals surface area contributed by atoms with Crippen LogP contribution in [0.3, 0.4) is 0 Å². The molecule has 0 aliphatic rings. The summed E-state index contributed by atoms with van der Waals surface area (Å²) in [5, 5.41) is 0. The second-order valence-electron chi connectivity index (χ2n) is 3.44. The van der Waals surface area contributed by atoms with Crippen LogP contribution in [-0.2, 0) is 6.18 Å². The Kier molecular flexibility index (Phi) is 3.37. The predicted octanol–water partition coefficient (Wildman–Crippen LogP) is 4.37. The number of benzene rings is 1. The lowest BCUT2D eigenvalue weighted by Gasteiger charge is -2.08. The maximum absolute atomic E-state index is 12.5. The third-order valence-corrected chi connectivity index (χ3v) is 2.85. The van der Waals surface area contributed by atoms with Gasteiger partial charge in [0.25, 0.3) is 0 Å². The Bertz CT molecular complexity index is 520. The Balaban J connectivity index is 2.43. The smallest absolute Gasteiger partial charge is 0.255 e. The van der Waals surface area contributed by atoms with Crippen LogP contribution in [0.5, 0.6) is 0 Å². The molecule has 1 heterocycles. The van der Waals surface area contributed by atoms with E-state index in [1.54, 1.807) is 18.3 Å². The van der Waals surface area contributed by atoms with Gasteiger partial charge in [-0.15, -0.1) is 0 Å². The normalized spacial score (nSPS) is 11.5. The Labute approximate surface area is 110 Å². The van der Waals surface area contributed by atoms with Crippen molar-refractivity contribution in [2.45, 2.75) is 6.18 Å². The van der Waals surface area contributed by atoms with Crippen LogP contribution in [0.2, 0.25) is 0 Å². The molecule has 88 valence electrons. The van der Waals surface area contributed by atoms with Crippen molar-refractivity contribution in [3.8, 4) is 11.3 Å². The fraction of sp³-hybridized carbons (Fsp3) is 0.0833. The molecule has 0 fully saturated rings. The molecule has 0 amide bonds. The molecule has 0 saturated carbocycles. The Morgan fingerprint density at radius 1 is 1.06 bits per heavy atom. The molecule has 1 aromatic heterocycles. The van der Waals surface area contributed by atoms with Crippen LogP contribution in [0.4, 0.5) is 13.2 Å². The Morgan fingerprint density at radius 3 is 2.41 bits per heavy atom. The molecule has 1 aromatic carbocycles. The highest BCUT2D eigenvalue weighted by atomic mass is 127. The summed E-state index contributed by atoms with van der Waals surface area (Å²) in [5.41, 5.74) is 0.350. The first-order valence-electron chi connectivity index (χ1n) is 4.76. The molecule has 0 radical (unpaired) electrons. The minimum Gasteiger partial charge on any atom is -0.255 e. The van der Waals surface area contributed by atoms with Crippen LogP contribution in [0.1, 0.15) is 5.56 Å². The number of alkyl halides is 3. The van der Waals surface area contributed by atoms with Crippen LogP contribution >= 0.6 is 22.6 Å². The lowest BCUT2D eigenvalue weighted by Crippen LogP contribution is -2.04. The van der Waals surface area contributed by atoms with Gasteiger partial charge < -0.3 is 0 Å². The minimum atomic E-state index is -4.32. The fourth-order valence-corrected chi connectivity index (χ4v) is 1.72. The van der Waals surface area contributed by atoms with Crippen molar-refractivity contribution in [2.75, 3.05) is 0 Å². The molecule has 0 aliphatic heterocycles. The number of pyridine rings is 1. The Morgan fingerprint density at radius 2 is 1.82 bits per heavy atom. The third-order valence-electron chi connectivity index (χ3n) is 2.21. The molecule has 2 aromatic rings. The van der Waals surface area contributed by atoms with Crippen molar-refractivity contribution in [3.63, 3.8) is 0 Å². The van der Waals surface area contributed by atoms with Crippen LogP contribution in [0, 0.1) is 3.57 Å². The monoisotopic (exact) mass is 349 g/mol. The lowest BCUT2D eigenvalue weighted by atomic mass is 10.1. The summed E-state index contributed by atoms with van der Waals surface area (Å²) in [4.78, 5) is 4.10. The summed E-state index contributed by atoms with van der Waals surface area (Å²) in [5.74, 6) is 0. The van der Waals surface area contributed by atoms with E-state index in [1.807, 2.05) is 6.07 Å². The van der Waals surface area contributed by atoms with Gasteiger partial charge in [0.15, 0.2) is 0 Å². The van der Waals surface area contributed by atoms with E-state index in [-0.39, 0.29) is 0 Å². The second-order valence-corrected chi connectivity index (χ2v) is 4.69. The van der Waals surface area contributed by atoms with Crippen molar-refractivity contribution in [1.82, 2.24) is 4.98 Å². The van der Waals surface area contributed by atoms with E-state index in [1.165, 1.54) is 6.07 Å². The van der Waals surface area contributed by atoms with Gasteiger partial charge in [-0.3, -0.25) is 4.98 Å². The number of hydrogen-bond acceptors (Lipinski definition) is 1. The van der Waals surface area contributed by atoms with Crippen molar-refractivity contribution in [1.29, 1.82) is 0 Å². The highest BCUT2D eigenvalue weighted by Gasteiger charge is 2.30. The molecule has 0 unspecified atom stereocenters. The molecule has 17 heavy (non-hydrogen) atoms. The first kappa shape index (κ1) is 12.3. The average Bonchev–Trinajstić information content (AvgIpc) is 2.29. The molecule has 5 heteroatoms. The molecular formula is C12H7F3IN. The molecule has 0 aliphatic carbocycles. The van der Waals surface area contributed by atoms with Gasteiger partial charge in [-0.25, -0.2) is 0 Å². The predicted molar refractivity (Wildman–Crippen MR) is 67.4 cm³/mol. The number of halogens is 4. The van der Waals surface area contributed by atoms with Crippen LogP contribution in [0.15, 0.2) is 42.6 Å². The van der Waals surface area contributed by atoms with Gasteiger partial charge in [0.2, 0.25) is 0 Å². The molecule has 0 spiro atoms. The van der Waals surface area contributed by atoms with Gasteiger partial charge in [-0.1, -0.05) is 12.1 Å². The summed E-state index contributed by atoms with van der Waals surface area (Å²) in [6, 6.07) is 8.67. The van der Waals surface area contributed by atoms with Crippen molar-refractivity contribution < 1.29 is 13.2 Å². The highest BCUT2D eigenvalue weighted by Crippen LogP contribution is 2.31. The van der Waals surface area contributed by atoms with Gasteiger partial charge in [-0.05, 0) is 46.9 Å². The van der Waals surface area contributed by atoms with E-state index < -0.39 is 11.7 Å². The van der Waals surface area contributed by atoms with E-state index >= 15 is 0 Å². The molecule has 2 rings (SSSR count). The van der Waals surface area contributed by atoms with Crippen molar-refractivity contribution >= 4 is 22.6 Å². The third kappa shape index (κ3) is 2.96. The summed E-state index contributed by atoms with van der Waals surface area (Å²) in [7, 11) is 0. The summed E-state index contributed by atoms with van der Waals surface area (Å²) < 4.78 is 38.5. The lowest BCUT2D eigenvalue weighted by molar-refractivity contribution is -0.137. The number of hydrogen-bond donors (Lipinski definition) is 0. The summed E-state index contributed by atoms with van der Waals surface area (Å²) >= 11 is 2.09. The largest absolute Gasteiger partial charge is 0.416 e. The van der Waals surface area contributed by atoms with Crippen LogP contribution in [0.25, 0.3) is 11.3 Å². The zero-order valence-corrected chi connectivity index (χ0v) is 10.7. The van der Waals surface area contributed by atoms with Crippen LogP contribution in [-0.4, -0.2) is 4.98 Å².